The number of pyridine rings is 2. The quantitative estimate of drug-likeness (QED) is 0.175. The SMILES string of the molecule is C.C.CC1(C)C2=C(Cc3ccccc32)c2[c-]c(=O)c(N)[c-]n2C1(C)C.Cc1[c-]n2c([c-]c1=O)C1=C(c3ccccc3C1)C(C)(C)C2(C)C.[CH3-].[K+].[Y].[Y].[Y].[Y].[Y].[Y].[Y].[Y].[Y].[Y]. The van der Waals surface area contributed by atoms with Crippen molar-refractivity contribution in [1.82, 2.24) is 9.13 Å². The largest absolute Gasteiger partial charge is 1.00 e. The minimum absolute atomic E-state index is 0. The van der Waals surface area contributed by atoms with Crippen molar-refractivity contribution in [2.45, 2.75) is 101 Å². The van der Waals surface area contributed by atoms with Gasteiger partial charge in [0.2, 0.25) is 0 Å². The Hall–Kier alpha value is 8.30. The number of rotatable bonds is 0. The van der Waals surface area contributed by atoms with Crippen molar-refractivity contribution in [2.75, 3.05) is 5.73 Å². The monoisotopic (exact) mass is 1580 g/mol. The van der Waals surface area contributed by atoms with Gasteiger partial charge in [0, 0.05) is 338 Å². The second kappa shape index (κ2) is 33.3. The van der Waals surface area contributed by atoms with Crippen LogP contribution in [0.2, 0.25) is 0 Å². The summed E-state index contributed by atoms with van der Waals surface area (Å²) in [5.74, 6) is 0. The zero-order valence-corrected chi connectivity index (χ0v) is 67.6. The second-order valence-corrected chi connectivity index (χ2v) is 15.3. The average Bonchev–Trinajstić information content (AvgIpc) is 3.58. The van der Waals surface area contributed by atoms with Crippen LogP contribution in [0.1, 0.15) is 109 Å². The van der Waals surface area contributed by atoms with Gasteiger partial charge in [0.25, 0.3) is 0 Å². The number of aromatic nitrogens is 2. The van der Waals surface area contributed by atoms with Gasteiger partial charge in [-0.15, -0.1) is 18.8 Å². The van der Waals surface area contributed by atoms with E-state index in [-0.39, 0.29) is 439 Å². The molecule has 2 aromatic carbocycles. The molecule has 5 nitrogen and oxygen atoms in total. The summed E-state index contributed by atoms with van der Waals surface area (Å²) in [5, 5.41) is 0. The Kier molecular flexibility index (Phi) is 47.2. The van der Waals surface area contributed by atoms with Crippen LogP contribution in [0.3, 0.4) is 0 Å². The molecule has 0 saturated carbocycles. The summed E-state index contributed by atoms with van der Waals surface area (Å²) < 4.78 is 4.17. The molecule has 0 fully saturated rings. The van der Waals surface area contributed by atoms with Crippen molar-refractivity contribution in [3.05, 3.63) is 140 Å². The molecule has 2 aliphatic heterocycles. The van der Waals surface area contributed by atoms with E-state index >= 15 is 0 Å². The van der Waals surface area contributed by atoms with Gasteiger partial charge in [0.15, 0.2) is 0 Å². The molecular weight excluding hydrogens is 1530 g/mol. The first-order valence-corrected chi connectivity index (χ1v) is 16.1. The van der Waals surface area contributed by atoms with E-state index in [0.717, 1.165) is 24.2 Å². The van der Waals surface area contributed by atoms with Crippen molar-refractivity contribution in [2.24, 2.45) is 10.8 Å². The van der Waals surface area contributed by atoms with Gasteiger partial charge in [-0.25, -0.2) is 17.7 Å². The van der Waals surface area contributed by atoms with E-state index in [0.29, 0.717) is 5.56 Å². The van der Waals surface area contributed by atoms with Crippen LogP contribution >= 0.6 is 0 Å². The average molecular weight is 1580 g/mol. The number of aryl methyl sites for hydroxylation is 1. The normalized spacial score (nSPS) is 15.3. The zero-order chi connectivity index (χ0) is 33.1. The van der Waals surface area contributed by atoms with Gasteiger partial charge in [-0.2, -0.15) is 28.7 Å². The van der Waals surface area contributed by atoms with Gasteiger partial charge < -0.3 is 31.9 Å². The Morgan fingerprint density at radius 3 is 1.23 bits per heavy atom. The summed E-state index contributed by atoms with van der Waals surface area (Å²) in [5.41, 5.74) is 17.8. The summed E-state index contributed by atoms with van der Waals surface area (Å²) in [4.78, 5) is 24.3. The van der Waals surface area contributed by atoms with E-state index in [2.05, 4.69) is 133 Å². The van der Waals surface area contributed by atoms with Crippen molar-refractivity contribution in [3.63, 3.8) is 0 Å². The molecule has 0 atom stereocenters. The van der Waals surface area contributed by atoms with Gasteiger partial charge in [-0.3, -0.25) is 0 Å². The molecule has 2 aromatic heterocycles. The summed E-state index contributed by atoms with van der Waals surface area (Å²) in [6, 6.07) is 23.2. The number of anilines is 1. The fraction of sp³-hybridized carbons (Fsp3) is 0.386. The number of nitrogens with zero attached hydrogens (tertiary/aromatic N) is 2. The van der Waals surface area contributed by atoms with Gasteiger partial charge in [0.05, 0.1) is 0 Å². The van der Waals surface area contributed by atoms with Crippen LogP contribution in [-0.4, -0.2) is 9.13 Å². The third-order valence-electron chi connectivity index (χ3n) is 11.9. The molecule has 16 heteroatoms. The number of hydrogen-bond donors (Lipinski definition) is 1. The van der Waals surface area contributed by atoms with Crippen LogP contribution in [0.25, 0.3) is 22.3 Å². The van der Waals surface area contributed by atoms with Gasteiger partial charge in [0.1, 0.15) is 0 Å². The predicted molar refractivity (Wildman–Crippen MR) is 206 cm³/mol. The van der Waals surface area contributed by atoms with Gasteiger partial charge in [-0.05, 0) is 71.6 Å². The number of benzene rings is 2. The fourth-order valence-corrected chi connectivity index (χ4v) is 7.97. The van der Waals surface area contributed by atoms with E-state index in [1.165, 1.54) is 44.5 Å². The standard InChI is InChI=1S/C21H21NO.C20H20N2O.2CH4.CH3.K.10Y/c1-13-12-22-17(11-18(13)23)16-10-14-8-6-7-9-15(14)19(16)20(2,3)21(22,4)5;1-19(2)18-13-8-6-5-7-12(13)9-14(18)16-10-17(23)15(21)11-22(16)20(19,3)4;;;;;;;;;;;;;;/h6-9H,10H2,1-5H3;5-8H,9,21H2,1-4H3;2*1H4;1H3;;;;;;;;;;;/q2*-2;;;-1;+1;;;;;;;;;;. The van der Waals surface area contributed by atoms with Crippen LogP contribution in [-0.2, 0) is 351 Å². The third kappa shape index (κ3) is 15.2. The first kappa shape index (κ1) is 85.1. The maximum Gasteiger partial charge on any atom is 1.00 e. The minimum atomic E-state index is -0.269. The third-order valence-corrected chi connectivity index (χ3v) is 11.9. The van der Waals surface area contributed by atoms with E-state index < -0.39 is 0 Å². The number of allylic oxidation sites excluding steroid dienone is 4. The predicted octanol–water partition coefficient (Wildman–Crippen LogP) is 5.97. The summed E-state index contributed by atoms with van der Waals surface area (Å²) in [6.45, 7) is 19.8. The van der Waals surface area contributed by atoms with Gasteiger partial charge in [-0.1, -0.05) is 115 Å². The number of nitrogen functional groups attached to an aromatic ring is 1. The number of fused-ring (bicyclic) bond motifs is 8. The first-order valence-electron chi connectivity index (χ1n) is 16.1. The van der Waals surface area contributed by atoms with E-state index in [1.54, 1.807) is 0 Å². The smallest absolute Gasteiger partial charge is 0.483 e. The molecule has 290 valence electrons. The molecule has 0 saturated heterocycles. The molecule has 60 heavy (non-hydrogen) atoms. The molecule has 8 rings (SSSR count). The van der Waals surface area contributed by atoms with Crippen molar-refractivity contribution in [1.29, 1.82) is 0 Å². The molecule has 4 heterocycles. The Morgan fingerprint density at radius 2 is 0.867 bits per heavy atom. The minimum Gasteiger partial charge on any atom is -0.483 e. The van der Waals surface area contributed by atoms with E-state index in [1.807, 2.05) is 11.5 Å². The van der Waals surface area contributed by atoms with Crippen molar-refractivity contribution >= 4 is 28.0 Å². The van der Waals surface area contributed by atoms with Gasteiger partial charge >= 0.3 is 51.4 Å². The Balaban J connectivity index is -0.000000122. The molecule has 0 unspecified atom stereocenters. The molecule has 2 N–H and O–H groups in total. The maximum atomic E-state index is 12.2. The molecule has 4 aliphatic rings. The molecular formula is C44H52KN3O2Y10-4. The van der Waals surface area contributed by atoms with E-state index in [4.69, 9.17) is 5.73 Å². The molecule has 0 bridgehead atoms. The molecule has 0 amide bonds. The molecule has 2 aliphatic carbocycles. The Labute approximate surface area is 657 Å². The number of nitrogens with two attached hydrogens (primary N) is 1. The van der Waals surface area contributed by atoms with E-state index in [9.17, 15) is 9.59 Å². The van der Waals surface area contributed by atoms with Crippen LogP contribution < -0.4 is 68.0 Å². The zero-order valence-electron chi connectivity index (χ0n) is 36.1. The van der Waals surface area contributed by atoms with Crippen molar-refractivity contribution < 1.29 is 378 Å². The summed E-state index contributed by atoms with van der Waals surface area (Å²) in [7, 11) is 0. The van der Waals surface area contributed by atoms with Crippen LogP contribution in [0, 0.1) is 49.7 Å². The fourth-order valence-electron chi connectivity index (χ4n) is 7.97. The first-order chi connectivity index (χ1) is 21.5. The maximum absolute atomic E-state index is 12.2. The molecule has 4 aromatic rings. The van der Waals surface area contributed by atoms with Crippen LogP contribution in [0.5, 0.6) is 0 Å². The Bertz CT molecular complexity index is 2060. The Morgan fingerprint density at radius 1 is 0.550 bits per heavy atom. The molecule has 0 spiro atoms. The van der Waals surface area contributed by atoms with Crippen molar-refractivity contribution in [3.8, 4) is 0 Å². The summed E-state index contributed by atoms with van der Waals surface area (Å²) in [6.07, 6.45) is 8.12. The summed E-state index contributed by atoms with van der Waals surface area (Å²) >= 11 is 0. The number of hydrogen-bond acceptors (Lipinski definition) is 3. The van der Waals surface area contributed by atoms with Crippen LogP contribution in [0.4, 0.5) is 5.69 Å². The second-order valence-electron chi connectivity index (χ2n) is 15.3. The van der Waals surface area contributed by atoms with Crippen LogP contribution in [0.15, 0.2) is 58.1 Å². The molecule has 10 radical (unpaired) electrons. The topological polar surface area (TPSA) is 70.0 Å².